The second-order valence-corrected chi connectivity index (χ2v) is 4.06. The number of pyridine rings is 1. The summed E-state index contributed by atoms with van der Waals surface area (Å²) >= 11 is 0. The van der Waals surface area contributed by atoms with E-state index in [9.17, 15) is 9.18 Å². The minimum Gasteiger partial charge on any atom is -0.307 e. The number of nitriles is 1. The van der Waals surface area contributed by atoms with Crippen LogP contribution in [0, 0.1) is 17.1 Å². The van der Waals surface area contributed by atoms with E-state index in [0.29, 0.717) is 5.69 Å². The highest BCUT2D eigenvalue weighted by atomic mass is 19.1. The molecule has 0 N–H and O–H groups in total. The molecule has 0 aliphatic rings. The van der Waals surface area contributed by atoms with Crippen LogP contribution >= 0.6 is 0 Å². The van der Waals surface area contributed by atoms with Crippen LogP contribution in [-0.2, 0) is 0 Å². The first-order valence-corrected chi connectivity index (χ1v) is 6.07. The molecule has 100 valence electrons. The van der Waals surface area contributed by atoms with Crippen molar-refractivity contribution in [1.82, 2.24) is 4.98 Å². The number of carbonyl (C=O) groups excluding carboxylic acids is 1. The molecule has 0 spiro atoms. The molecule has 0 saturated heterocycles. The Morgan fingerprint density at radius 3 is 2.70 bits per heavy atom. The molecule has 0 aliphatic carbocycles. The Morgan fingerprint density at radius 1 is 1.30 bits per heavy atom. The predicted octanol–water partition coefficient (Wildman–Crippen LogP) is 2.78. The molecule has 0 atom stereocenters. The third kappa shape index (κ3) is 2.98. The van der Waals surface area contributed by atoms with Crippen molar-refractivity contribution in [1.29, 1.82) is 5.26 Å². The Labute approximate surface area is 116 Å². The number of anilines is 1. The summed E-state index contributed by atoms with van der Waals surface area (Å²) in [6, 6.07) is 12.2. The number of aromatic nitrogens is 1. The second kappa shape index (κ2) is 6.43. The number of carbonyl (C=O) groups is 1. The summed E-state index contributed by atoms with van der Waals surface area (Å²) < 4.78 is 13.7. The largest absolute Gasteiger partial charge is 0.307 e. The van der Waals surface area contributed by atoms with Gasteiger partial charge in [0, 0.05) is 18.4 Å². The maximum absolute atomic E-state index is 13.7. The summed E-state index contributed by atoms with van der Waals surface area (Å²) in [5.41, 5.74) is 0.575. The predicted molar refractivity (Wildman–Crippen MR) is 72.5 cm³/mol. The molecule has 1 heterocycles. The fourth-order valence-corrected chi connectivity index (χ4v) is 1.81. The van der Waals surface area contributed by atoms with Crippen LogP contribution in [-0.4, -0.2) is 17.4 Å². The van der Waals surface area contributed by atoms with Gasteiger partial charge in [0.25, 0.3) is 5.91 Å². The van der Waals surface area contributed by atoms with E-state index in [1.165, 1.54) is 17.2 Å². The normalized spacial score (nSPS) is 9.80. The maximum atomic E-state index is 13.7. The highest BCUT2D eigenvalue weighted by Gasteiger charge is 2.20. The topological polar surface area (TPSA) is 57.0 Å². The second-order valence-electron chi connectivity index (χ2n) is 4.06. The van der Waals surface area contributed by atoms with E-state index in [2.05, 4.69) is 4.98 Å². The SMILES string of the molecule is N#CCCN(C(=O)c1ccncc1F)c1ccccc1. The molecule has 5 heteroatoms. The number of benzene rings is 1. The van der Waals surface area contributed by atoms with Gasteiger partial charge < -0.3 is 4.90 Å². The van der Waals surface area contributed by atoms with Crippen molar-refractivity contribution in [2.75, 3.05) is 11.4 Å². The van der Waals surface area contributed by atoms with Crippen LogP contribution in [0.4, 0.5) is 10.1 Å². The molecule has 1 aromatic heterocycles. The van der Waals surface area contributed by atoms with Crippen LogP contribution in [0.25, 0.3) is 0 Å². The lowest BCUT2D eigenvalue weighted by atomic mass is 10.2. The van der Waals surface area contributed by atoms with Gasteiger partial charge in [-0.05, 0) is 18.2 Å². The van der Waals surface area contributed by atoms with E-state index in [1.54, 1.807) is 24.3 Å². The summed E-state index contributed by atoms with van der Waals surface area (Å²) in [6.45, 7) is 0.209. The molecule has 0 aliphatic heterocycles. The van der Waals surface area contributed by atoms with Crippen LogP contribution in [0.2, 0.25) is 0 Å². The summed E-state index contributed by atoms with van der Waals surface area (Å²) in [5, 5.41) is 8.70. The van der Waals surface area contributed by atoms with Crippen molar-refractivity contribution in [2.24, 2.45) is 0 Å². The van der Waals surface area contributed by atoms with Crippen LogP contribution in [0.3, 0.4) is 0 Å². The van der Waals surface area contributed by atoms with Crippen LogP contribution in [0.5, 0.6) is 0 Å². The van der Waals surface area contributed by atoms with Gasteiger partial charge in [-0.1, -0.05) is 18.2 Å². The first kappa shape index (κ1) is 13.7. The van der Waals surface area contributed by atoms with Crippen molar-refractivity contribution < 1.29 is 9.18 Å². The van der Waals surface area contributed by atoms with Crippen LogP contribution < -0.4 is 4.90 Å². The van der Waals surface area contributed by atoms with Gasteiger partial charge in [0.05, 0.1) is 24.3 Å². The summed E-state index contributed by atoms with van der Waals surface area (Å²) in [7, 11) is 0. The monoisotopic (exact) mass is 269 g/mol. The highest BCUT2D eigenvalue weighted by Crippen LogP contribution is 2.18. The zero-order chi connectivity index (χ0) is 14.4. The van der Waals surface area contributed by atoms with Gasteiger partial charge in [0.2, 0.25) is 0 Å². The standard InChI is InChI=1S/C15H12FN3O/c16-14-11-18-9-7-13(14)15(20)19(10-4-8-17)12-5-2-1-3-6-12/h1-3,5-7,9,11H,4,10H2. The Bertz CT molecular complexity index is 637. The number of halogens is 1. The number of rotatable bonds is 4. The molecule has 4 nitrogen and oxygen atoms in total. The number of nitrogens with zero attached hydrogens (tertiary/aromatic N) is 3. The molecule has 2 aromatic rings. The molecular weight excluding hydrogens is 257 g/mol. The lowest BCUT2D eigenvalue weighted by molar-refractivity contribution is 0.0983. The van der Waals surface area contributed by atoms with Crippen molar-refractivity contribution in [2.45, 2.75) is 6.42 Å². The van der Waals surface area contributed by atoms with E-state index >= 15 is 0 Å². The number of hydrogen-bond acceptors (Lipinski definition) is 3. The molecule has 0 unspecified atom stereocenters. The molecule has 20 heavy (non-hydrogen) atoms. The Kier molecular flexibility index (Phi) is 4.40. The number of para-hydroxylation sites is 1. The Balaban J connectivity index is 2.35. The lowest BCUT2D eigenvalue weighted by Gasteiger charge is -2.21. The lowest BCUT2D eigenvalue weighted by Crippen LogP contribution is -2.32. The van der Waals surface area contributed by atoms with E-state index in [-0.39, 0.29) is 18.5 Å². The minimum atomic E-state index is -0.671. The zero-order valence-corrected chi connectivity index (χ0v) is 10.7. The summed E-state index contributed by atoms with van der Waals surface area (Å²) in [5.74, 6) is -1.15. The molecule has 1 aromatic carbocycles. The summed E-state index contributed by atoms with van der Waals surface area (Å²) in [6.07, 6.45) is 2.54. The zero-order valence-electron chi connectivity index (χ0n) is 10.7. The fraction of sp³-hybridized carbons (Fsp3) is 0.133. The smallest absolute Gasteiger partial charge is 0.261 e. The van der Waals surface area contributed by atoms with Gasteiger partial charge >= 0.3 is 0 Å². The van der Waals surface area contributed by atoms with E-state index in [4.69, 9.17) is 5.26 Å². The van der Waals surface area contributed by atoms with Gasteiger partial charge in [-0.2, -0.15) is 5.26 Å². The Morgan fingerprint density at radius 2 is 2.05 bits per heavy atom. The van der Waals surface area contributed by atoms with Gasteiger partial charge in [-0.25, -0.2) is 4.39 Å². The third-order valence-corrected chi connectivity index (χ3v) is 2.76. The van der Waals surface area contributed by atoms with Gasteiger partial charge in [-0.15, -0.1) is 0 Å². The van der Waals surface area contributed by atoms with Gasteiger partial charge in [-0.3, -0.25) is 9.78 Å². The first-order valence-electron chi connectivity index (χ1n) is 6.07. The quantitative estimate of drug-likeness (QED) is 0.857. The molecular formula is C15H12FN3O. The average molecular weight is 269 g/mol. The molecule has 0 saturated carbocycles. The fourth-order valence-electron chi connectivity index (χ4n) is 1.81. The highest BCUT2D eigenvalue weighted by molar-refractivity contribution is 6.06. The molecule has 1 amide bonds. The number of hydrogen-bond donors (Lipinski definition) is 0. The molecule has 0 fully saturated rings. The van der Waals surface area contributed by atoms with Crippen LogP contribution in [0.1, 0.15) is 16.8 Å². The Hall–Kier alpha value is -2.74. The van der Waals surface area contributed by atoms with Crippen molar-refractivity contribution in [3.05, 3.63) is 60.2 Å². The summed E-state index contributed by atoms with van der Waals surface area (Å²) in [4.78, 5) is 17.4. The van der Waals surface area contributed by atoms with Crippen molar-refractivity contribution in [3.8, 4) is 6.07 Å². The van der Waals surface area contributed by atoms with E-state index in [0.717, 1.165) is 6.20 Å². The molecule has 0 bridgehead atoms. The van der Waals surface area contributed by atoms with Crippen LogP contribution in [0.15, 0.2) is 48.8 Å². The van der Waals surface area contributed by atoms with E-state index < -0.39 is 11.7 Å². The van der Waals surface area contributed by atoms with Gasteiger partial charge in [0.15, 0.2) is 5.82 Å². The minimum absolute atomic E-state index is 0.0539. The maximum Gasteiger partial charge on any atom is 0.261 e. The molecule has 2 rings (SSSR count). The number of amides is 1. The third-order valence-electron chi connectivity index (χ3n) is 2.76. The van der Waals surface area contributed by atoms with Gasteiger partial charge in [0.1, 0.15) is 0 Å². The molecule has 0 radical (unpaired) electrons. The average Bonchev–Trinajstić information content (AvgIpc) is 2.49. The first-order chi connectivity index (χ1) is 9.74. The van der Waals surface area contributed by atoms with E-state index in [1.807, 2.05) is 12.1 Å². The van der Waals surface area contributed by atoms with Crippen molar-refractivity contribution >= 4 is 11.6 Å². The van der Waals surface area contributed by atoms with Crippen molar-refractivity contribution in [3.63, 3.8) is 0 Å².